The summed E-state index contributed by atoms with van der Waals surface area (Å²) in [5.41, 5.74) is 4.57. The summed E-state index contributed by atoms with van der Waals surface area (Å²) in [5.74, 6) is -0.579. The molecule has 10 heteroatoms. The van der Waals surface area contributed by atoms with Crippen molar-refractivity contribution in [2.24, 2.45) is 0 Å². The van der Waals surface area contributed by atoms with Gasteiger partial charge in [-0.2, -0.15) is 13.2 Å². The fourth-order valence-corrected chi connectivity index (χ4v) is 2.38. The van der Waals surface area contributed by atoms with E-state index in [-0.39, 0.29) is 12.1 Å². The van der Waals surface area contributed by atoms with E-state index in [9.17, 15) is 22.8 Å². The lowest BCUT2D eigenvalue weighted by Crippen LogP contribution is -2.28. The lowest BCUT2D eigenvalue weighted by Gasteiger charge is -2.12. The summed E-state index contributed by atoms with van der Waals surface area (Å²) in [6.45, 7) is -0.480. The molecule has 2 aromatic rings. The number of alkyl halides is 3. The topological polar surface area (TPSA) is 99.9 Å². The predicted molar refractivity (Wildman–Crippen MR) is 97.5 cm³/mol. The Bertz CT molecular complexity index is 900. The van der Waals surface area contributed by atoms with E-state index in [1.54, 1.807) is 18.2 Å². The summed E-state index contributed by atoms with van der Waals surface area (Å²) in [6.07, 6.45) is -4.58. The number of carbonyl (C=O) groups excluding carboxylic acids is 2. The number of hydrogen-bond donors (Lipinski definition) is 2. The van der Waals surface area contributed by atoms with Gasteiger partial charge in [0.1, 0.15) is 0 Å². The van der Waals surface area contributed by atoms with Gasteiger partial charge in [-0.05, 0) is 35.9 Å². The van der Waals surface area contributed by atoms with E-state index < -0.39 is 35.9 Å². The third-order valence-corrected chi connectivity index (χ3v) is 3.87. The largest absolute Gasteiger partial charge is 0.493 e. The zero-order valence-electron chi connectivity index (χ0n) is 15.6. The molecule has 0 unspecified atom stereocenters. The van der Waals surface area contributed by atoms with Crippen molar-refractivity contribution < 1.29 is 37.0 Å². The van der Waals surface area contributed by atoms with E-state index in [0.29, 0.717) is 29.2 Å². The van der Waals surface area contributed by atoms with E-state index in [4.69, 9.17) is 19.9 Å². The van der Waals surface area contributed by atoms with Crippen molar-refractivity contribution in [2.45, 2.75) is 12.7 Å². The Morgan fingerprint density at radius 2 is 1.72 bits per heavy atom. The number of hydrogen-bond acceptors (Lipinski definition) is 6. The van der Waals surface area contributed by atoms with Crippen LogP contribution < -0.4 is 20.5 Å². The first kappa shape index (κ1) is 21.9. The van der Waals surface area contributed by atoms with Crippen molar-refractivity contribution in [3.63, 3.8) is 0 Å². The number of nitrogen functional groups attached to an aromatic ring is 1. The molecule has 0 bridgehead atoms. The van der Waals surface area contributed by atoms with Gasteiger partial charge >= 0.3 is 12.1 Å². The standard InChI is InChI=1S/C19H19F3N2O5/c1-27-15-6-3-11(7-16(15)28-2)9-24-17(25)10-29-18(26)13-5-4-12(8-14(13)23)19(20,21)22/h3-8H,9-10,23H2,1-2H3,(H,24,25). The van der Waals surface area contributed by atoms with Gasteiger partial charge in [-0.3, -0.25) is 4.79 Å². The van der Waals surface area contributed by atoms with Crippen molar-refractivity contribution in [3.05, 3.63) is 53.1 Å². The fraction of sp³-hybridized carbons (Fsp3) is 0.263. The van der Waals surface area contributed by atoms with Gasteiger partial charge in [0.25, 0.3) is 5.91 Å². The molecular weight excluding hydrogens is 393 g/mol. The SMILES string of the molecule is COc1ccc(CNC(=O)COC(=O)c2ccc(C(F)(F)F)cc2N)cc1OC. The molecule has 0 aliphatic carbocycles. The lowest BCUT2D eigenvalue weighted by atomic mass is 10.1. The van der Waals surface area contributed by atoms with Crippen LogP contribution in [0.2, 0.25) is 0 Å². The van der Waals surface area contributed by atoms with Crippen LogP contribution >= 0.6 is 0 Å². The van der Waals surface area contributed by atoms with E-state index >= 15 is 0 Å². The second-order valence-corrected chi connectivity index (χ2v) is 5.84. The molecule has 0 aromatic heterocycles. The first-order chi connectivity index (χ1) is 13.7. The van der Waals surface area contributed by atoms with Crippen molar-refractivity contribution in [1.29, 1.82) is 0 Å². The highest BCUT2D eigenvalue weighted by atomic mass is 19.4. The zero-order chi connectivity index (χ0) is 21.6. The maximum Gasteiger partial charge on any atom is 0.416 e. The Labute approximate surface area is 164 Å². The molecule has 2 aromatic carbocycles. The minimum atomic E-state index is -4.58. The molecule has 0 radical (unpaired) electrons. The lowest BCUT2D eigenvalue weighted by molar-refractivity contribution is -0.137. The maximum atomic E-state index is 12.6. The molecule has 0 saturated heterocycles. The number of methoxy groups -OCH3 is 2. The number of esters is 1. The second kappa shape index (κ2) is 9.18. The molecule has 2 rings (SSSR count). The molecule has 29 heavy (non-hydrogen) atoms. The average molecular weight is 412 g/mol. The van der Waals surface area contributed by atoms with Crippen LogP contribution in [-0.4, -0.2) is 32.7 Å². The normalized spacial score (nSPS) is 10.9. The number of rotatable bonds is 7. The third kappa shape index (κ3) is 5.77. The van der Waals surface area contributed by atoms with Crippen LogP contribution in [-0.2, 0) is 22.3 Å². The van der Waals surface area contributed by atoms with Crippen LogP contribution in [0.15, 0.2) is 36.4 Å². The summed E-state index contributed by atoms with van der Waals surface area (Å²) in [7, 11) is 2.98. The van der Waals surface area contributed by atoms with Gasteiger partial charge in [0.15, 0.2) is 18.1 Å². The Morgan fingerprint density at radius 3 is 2.31 bits per heavy atom. The third-order valence-electron chi connectivity index (χ3n) is 3.87. The molecule has 3 N–H and O–H groups in total. The van der Waals surface area contributed by atoms with Crippen LogP contribution in [0.5, 0.6) is 11.5 Å². The summed E-state index contributed by atoms with van der Waals surface area (Å²) >= 11 is 0. The highest BCUT2D eigenvalue weighted by Crippen LogP contribution is 2.31. The van der Waals surface area contributed by atoms with Crippen LogP contribution in [0.4, 0.5) is 18.9 Å². The number of benzene rings is 2. The monoisotopic (exact) mass is 412 g/mol. The number of nitrogens with two attached hydrogens (primary N) is 1. The summed E-state index contributed by atoms with van der Waals surface area (Å²) in [5, 5.41) is 2.55. The van der Waals surface area contributed by atoms with Gasteiger partial charge in [-0.25, -0.2) is 4.79 Å². The number of carbonyl (C=O) groups is 2. The van der Waals surface area contributed by atoms with Gasteiger partial charge in [0.05, 0.1) is 25.3 Å². The van der Waals surface area contributed by atoms with Crippen LogP contribution in [0.25, 0.3) is 0 Å². The number of ether oxygens (including phenoxy) is 3. The molecular formula is C19H19F3N2O5. The first-order valence-electron chi connectivity index (χ1n) is 8.27. The van der Waals surface area contributed by atoms with Crippen molar-refractivity contribution in [2.75, 3.05) is 26.6 Å². The van der Waals surface area contributed by atoms with E-state index in [1.165, 1.54) is 14.2 Å². The van der Waals surface area contributed by atoms with E-state index in [0.717, 1.165) is 6.07 Å². The molecule has 0 atom stereocenters. The molecule has 0 saturated carbocycles. The highest BCUT2D eigenvalue weighted by molar-refractivity contribution is 5.96. The van der Waals surface area contributed by atoms with Gasteiger partial charge < -0.3 is 25.3 Å². The van der Waals surface area contributed by atoms with Gasteiger partial charge in [-0.1, -0.05) is 6.07 Å². The maximum absolute atomic E-state index is 12.6. The minimum absolute atomic E-state index is 0.138. The molecule has 0 heterocycles. The Kier molecular flexibility index (Phi) is 6.92. The van der Waals surface area contributed by atoms with Crippen molar-refractivity contribution >= 4 is 17.6 Å². The van der Waals surface area contributed by atoms with Crippen molar-refractivity contribution in [1.82, 2.24) is 5.32 Å². The smallest absolute Gasteiger partial charge is 0.416 e. The Balaban J connectivity index is 1.90. The van der Waals surface area contributed by atoms with Gasteiger partial charge in [0, 0.05) is 12.2 Å². The number of anilines is 1. The predicted octanol–water partition coefficient (Wildman–Crippen LogP) is 2.78. The number of amides is 1. The van der Waals surface area contributed by atoms with E-state index in [2.05, 4.69) is 5.32 Å². The summed E-state index contributed by atoms with van der Waals surface area (Å²) in [4.78, 5) is 23.8. The van der Waals surface area contributed by atoms with Gasteiger partial charge in [-0.15, -0.1) is 0 Å². The summed E-state index contributed by atoms with van der Waals surface area (Å²) in [6, 6.07) is 7.32. The molecule has 156 valence electrons. The molecule has 0 fully saturated rings. The zero-order valence-corrected chi connectivity index (χ0v) is 15.6. The van der Waals surface area contributed by atoms with Crippen LogP contribution in [0.3, 0.4) is 0 Å². The van der Waals surface area contributed by atoms with Crippen molar-refractivity contribution in [3.8, 4) is 11.5 Å². The molecule has 7 nitrogen and oxygen atoms in total. The number of halogens is 3. The Morgan fingerprint density at radius 1 is 1.03 bits per heavy atom. The summed E-state index contributed by atoms with van der Waals surface area (Å²) < 4.78 is 53.0. The average Bonchev–Trinajstić information content (AvgIpc) is 2.69. The number of nitrogens with one attached hydrogen (secondary N) is 1. The fourth-order valence-electron chi connectivity index (χ4n) is 2.38. The van der Waals surface area contributed by atoms with Crippen LogP contribution in [0, 0.1) is 0 Å². The quantitative estimate of drug-likeness (QED) is 0.536. The Hall–Kier alpha value is -3.43. The van der Waals surface area contributed by atoms with Crippen LogP contribution in [0.1, 0.15) is 21.5 Å². The van der Waals surface area contributed by atoms with E-state index in [1.807, 2.05) is 0 Å². The van der Waals surface area contributed by atoms with Gasteiger partial charge in [0.2, 0.25) is 0 Å². The molecule has 0 aliphatic heterocycles. The second-order valence-electron chi connectivity index (χ2n) is 5.84. The minimum Gasteiger partial charge on any atom is -0.493 e. The molecule has 0 spiro atoms. The molecule has 1 amide bonds. The first-order valence-corrected chi connectivity index (χ1v) is 8.27. The molecule has 0 aliphatic rings. The highest BCUT2D eigenvalue weighted by Gasteiger charge is 2.31.